The summed E-state index contributed by atoms with van der Waals surface area (Å²) in [5.41, 5.74) is 7.61. The minimum atomic E-state index is -0.507. The van der Waals surface area contributed by atoms with Crippen molar-refractivity contribution in [3.63, 3.8) is 0 Å². The highest BCUT2D eigenvalue weighted by molar-refractivity contribution is 7.18. The standard InChI is InChI=1S/C13H12N2O4S/c1-7-10(14)12(13(16)19-2)20-11(7)8-4-3-5-9(6-8)15(17)18/h3-6H,14H2,1-2H3. The van der Waals surface area contributed by atoms with Gasteiger partial charge in [-0.15, -0.1) is 11.3 Å². The summed E-state index contributed by atoms with van der Waals surface area (Å²) in [6.07, 6.45) is 0. The number of nitro benzene ring substituents is 1. The molecule has 0 saturated heterocycles. The molecule has 104 valence electrons. The van der Waals surface area contributed by atoms with Gasteiger partial charge in [0.2, 0.25) is 0 Å². The molecule has 2 aromatic rings. The van der Waals surface area contributed by atoms with E-state index in [4.69, 9.17) is 5.73 Å². The fourth-order valence-corrected chi connectivity index (χ4v) is 2.95. The molecule has 0 atom stereocenters. The van der Waals surface area contributed by atoms with Crippen LogP contribution in [0.1, 0.15) is 15.2 Å². The van der Waals surface area contributed by atoms with E-state index in [1.807, 2.05) is 0 Å². The first-order valence-corrected chi connectivity index (χ1v) is 6.49. The monoisotopic (exact) mass is 292 g/mol. The van der Waals surface area contributed by atoms with Crippen molar-refractivity contribution in [2.45, 2.75) is 6.92 Å². The Hall–Kier alpha value is -2.41. The molecule has 0 amide bonds. The Morgan fingerprint density at radius 1 is 1.45 bits per heavy atom. The second-order valence-electron chi connectivity index (χ2n) is 4.10. The quantitative estimate of drug-likeness (QED) is 0.533. The number of ether oxygens (including phenoxy) is 1. The number of hydrogen-bond donors (Lipinski definition) is 1. The van der Waals surface area contributed by atoms with Gasteiger partial charge in [0.1, 0.15) is 4.88 Å². The zero-order valence-electron chi connectivity index (χ0n) is 10.9. The highest BCUT2D eigenvalue weighted by Crippen LogP contribution is 2.39. The fourth-order valence-electron chi connectivity index (χ4n) is 1.81. The molecule has 1 aromatic heterocycles. The smallest absolute Gasteiger partial charge is 0.350 e. The van der Waals surface area contributed by atoms with Gasteiger partial charge in [-0.1, -0.05) is 12.1 Å². The van der Waals surface area contributed by atoms with Gasteiger partial charge in [0.15, 0.2) is 0 Å². The van der Waals surface area contributed by atoms with Gasteiger partial charge in [-0.3, -0.25) is 10.1 Å². The van der Waals surface area contributed by atoms with E-state index in [0.29, 0.717) is 16.1 Å². The van der Waals surface area contributed by atoms with Crippen molar-refractivity contribution in [1.82, 2.24) is 0 Å². The van der Waals surface area contributed by atoms with E-state index in [0.717, 1.165) is 10.4 Å². The Bertz CT molecular complexity index is 694. The lowest BCUT2D eigenvalue weighted by molar-refractivity contribution is -0.384. The number of esters is 1. The van der Waals surface area contributed by atoms with Crippen LogP contribution in [0.4, 0.5) is 11.4 Å². The van der Waals surface area contributed by atoms with Gasteiger partial charge in [0.05, 0.1) is 17.7 Å². The van der Waals surface area contributed by atoms with Crippen molar-refractivity contribution in [1.29, 1.82) is 0 Å². The van der Waals surface area contributed by atoms with E-state index in [9.17, 15) is 14.9 Å². The Balaban J connectivity index is 2.56. The number of non-ortho nitro benzene ring substituents is 1. The lowest BCUT2D eigenvalue weighted by Crippen LogP contribution is -2.01. The molecule has 2 rings (SSSR count). The Morgan fingerprint density at radius 3 is 2.75 bits per heavy atom. The largest absolute Gasteiger partial charge is 0.465 e. The molecule has 2 N–H and O–H groups in total. The zero-order valence-corrected chi connectivity index (χ0v) is 11.7. The zero-order chi connectivity index (χ0) is 14.9. The molecule has 0 bridgehead atoms. The van der Waals surface area contributed by atoms with Crippen LogP contribution in [0.2, 0.25) is 0 Å². The normalized spacial score (nSPS) is 10.3. The summed E-state index contributed by atoms with van der Waals surface area (Å²) >= 11 is 1.17. The van der Waals surface area contributed by atoms with Crippen LogP contribution in [-0.4, -0.2) is 18.0 Å². The molecular weight excluding hydrogens is 280 g/mol. The minimum absolute atomic E-state index is 0.00603. The first-order valence-electron chi connectivity index (χ1n) is 5.67. The summed E-state index contributed by atoms with van der Waals surface area (Å²) in [4.78, 5) is 23.0. The van der Waals surface area contributed by atoms with Gasteiger partial charge in [-0.2, -0.15) is 0 Å². The minimum Gasteiger partial charge on any atom is -0.465 e. The van der Waals surface area contributed by atoms with Crippen molar-refractivity contribution in [2.24, 2.45) is 0 Å². The summed E-state index contributed by atoms with van der Waals surface area (Å²) in [7, 11) is 1.28. The van der Waals surface area contributed by atoms with Gasteiger partial charge < -0.3 is 10.5 Å². The predicted molar refractivity (Wildman–Crippen MR) is 76.9 cm³/mol. The number of hydrogen-bond acceptors (Lipinski definition) is 6. The number of rotatable bonds is 3. The van der Waals surface area contributed by atoms with Crippen LogP contribution in [0, 0.1) is 17.0 Å². The molecule has 20 heavy (non-hydrogen) atoms. The molecule has 7 heteroatoms. The molecule has 1 aromatic carbocycles. The average Bonchev–Trinajstić information content (AvgIpc) is 2.75. The van der Waals surface area contributed by atoms with E-state index in [-0.39, 0.29) is 5.69 Å². The highest BCUT2D eigenvalue weighted by atomic mass is 32.1. The number of nitrogen functional groups attached to an aromatic ring is 1. The summed E-state index contributed by atoms with van der Waals surface area (Å²) in [6.45, 7) is 1.77. The molecule has 0 aliphatic heterocycles. The molecule has 0 unspecified atom stereocenters. The van der Waals surface area contributed by atoms with Crippen molar-refractivity contribution in [2.75, 3.05) is 12.8 Å². The summed E-state index contributed by atoms with van der Waals surface area (Å²) in [5, 5.41) is 10.8. The average molecular weight is 292 g/mol. The Morgan fingerprint density at radius 2 is 2.15 bits per heavy atom. The summed E-state index contributed by atoms with van der Waals surface area (Å²) in [5.74, 6) is -0.507. The molecule has 0 fully saturated rings. The second-order valence-corrected chi connectivity index (χ2v) is 5.12. The van der Waals surface area contributed by atoms with Crippen LogP contribution in [0.15, 0.2) is 24.3 Å². The lowest BCUT2D eigenvalue weighted by Gasteiger charge is -2.00. The topological polar surface area (TPSA) is 95.5 Å². The SMILES string of the molecule is COC(=O)c1sc(-c2cccc([N+](=O)[O-])c2)c(C)c1N. The molecular formula is C13H12N2O4S. The third kappa shape index (κ3) is 2.35. The first kappa shape index (κ1) is 14.0. The third-order valence-corrected chi connectivity index (χ3v) is 4.22. The van der Waals surface area contributed by atoms with E-state index in [1.54, 1.807) is 19.1 Å². The maximum absolute atomic E-state index is 11.6. The number of nitro groups is 1. The fraction of sp³-hybridized carbons (Fsp3) is 0.154. The van der Waals surface area contributed by atoms with Crippen LogP contribution in [0.5, 0.6) is 0 Å². The third-order valence-electron chi connectivity index (χ3n) is 2.88. The van der Waals surface area contributed by atoms with Crippen molar-refractivity contribution >= 4 is 28.7 Å². The van der Waals surface area contributed by atoms with Crippen LogP contribution < -0.4 is 5.73 Å². The number of anilines is 1. The number of carbonyl (C=O) groups is 1. The van der Waals surface area contributed by atoms with Gasteiger partial charge in [-0.25, -0.2) is 4.79 Å². The van der Waals surface area contributed by atoms with Gasteiger partial charge in [-0.05, 0) is 18.1 Å². The number of thiophene rings is 1. The Kier molecular flexibility index (Phi) is 3.71. The van der Waals surface area contributed by atoms with Crippen molar-refractivity contribution in [3.05, 3.63) is 44.8 Å². The molecule has 0 spiro atoms. The number of nitrogens with two attached hydrogens (primary N) is 1. The molecule has 6 nitrogen and oxygen atoms in total. The van der Waals surface area contributed by atoms with Gasteiger partial charge >= 0.3 is 5.97 Å². The maximum atomic E-state index is 11.6. The Labute approximate surface area is 118 Å². The second kappa shape index (κ2) is 5.30. The van der Waals surface area contributed by atoms with Gasteiger partial charge in [0.25, 0.3) is 5.69 Å². The maximum Gasteiger partial charge on any atom is 0.350 e. The van der Waals surface area contributed by atoms with Gasteiger partial charge in [0, 0.05) is 17.0 Å². The highest BCUT2D eigenvalue weighted by Gasteiger charge is 2.20. The van der Waals surface area contributed by atoms with Crippen LogP contribution in [-0.2, 0) is 4.74 Å². The number of nitrogens with zero attached hydrogens (tertiary/aromatic N) is 1. The predicted octanol–water partition coefficient (Wildman–Crippen LogP) is 3.00. The molecule has 0 aliphatic rings. The van der Waals surface area contributed by atoms with E-state index < -0.39 is 10.9 Å². The van der Waals surface area contributed by atoms with Crippen molar-refractivity contribution in [3.8, 4) is 10.4 Å². The van der Waals surface area contributed by atoms with Crippen LogP contribution >= 0.6 is 11.3 Å². The van der Waals surface area contributed by atoms with E-state index in [1.165, 1.54) is 30.6 Å². The van der Waals surface area contributed by atoms with E-state index >= 15 is 0 Å². The first-order chi connectivity index (χ1) is 9.45. The van der Waals surface area contributed by atoms with Crippen molar-refractivity contribution < 1.29 is 14.5 Å². The number of carbonyl (C=O) groups excluding carboxylic acids is 1. The van der Waals surface area contributed by atoms with E-state index in [2.05, 4.69) is 4.74 Å². The lowest BCUT2D eigenvalue weighted by atomic mass is 10.1. The number of benzene rings is 1. The summed E-state index contributed by atoms with van der Waals surface area (Å²) < 4.78 is 4.67. The molecule has 0 radical (unpaired) electrons. The molecule has 0 saturated carbocycles. The molecule has 0 aliphatic carbocycles. The number of methoxy groups -OCH3 is 1. The van der Waals surface area contributed by atoms with Crippen LogP contribution in [0.3, 0.4) is 0 Å². The molecule has 1 heterocycles. The van der Waals surface area contributed by atoms with Crippen LogP contribution in [0.25, 0.3) is 10.4 Å². The summed E-state index contributed by atoms with van der Waals surface area (Å²) in [6, 6.07) is 6.21.